The summed E-state index contributed by atoms with van der Waals surface area (Å²) in [7, 11) is 0. The maximum Gasteiger partial charge on any atom is 0.0582 e. The van der Waals surface area contributed by atoms with E-state index in [0.717, 1.165) is 18.8 Å². The predicted octanol–water partition coefficient (Wildman–Crippen LogP) is 2.60. The lowest BCUT2D eigenvalue weighted by Crippen LogP contribution is -2.10. The molecule has 0 unspecified atom stereocenters. The smallest absolute Gasteiger partial charge is 0.0582 e. The predicted molar refractivity (Wildman–Crippen MR) is 69.9 cm³/mol. The first-order chi connectivity index (χ1) is 7.34. The molecular weight excluding hydrogens is 301 g/mol. The number of hydrogen-bond acceptors (Lipinski definition) is 2. The van der Waals surface area contributed by atoms with Crippen molar-refractivity contribution >= 4 is 28.3 Å². The Morgan fingerprint density at radius 2 is 2.07 bits per heavy atom. The van der Waals surface area contributed by atoms with Gasteiger partial charge in [-0.05, 0) is 52.9 Å². The molecule has 78 valence electrons. The van der Waals surface area contributed by atoms with Crippen LogP contribution in [0.1, 0.15) is 0 Å². The molecule has 0 bridgehead atoms. The van der Waals surface area contributed by atoms with Crippen LogP contribution in [0.4, 0.5) is 5.69 Å². The van der Waals surface area contributed by atoms with Gasteiger partial charge < -0.3 is 5.32 Å². The second-order valence-electron chi connectivity index (χ2n) is 3.20. The first kappa shape index (κ1) is 10.5. The van der Waals surface area contributed by atoms with Crippen LogP contribution >= 0.6 is 22.6 Å². The zero-order valence-electron chi connectivity index (χ0n) is 8.23. The lowest BCUT2D eigenvalue weighted by atomic mass is 10.3. The van der Waals surface area contributed by atoms with Crippen molar-refractivity contribution in [3.8, 4) is 0 Å². The van der Waals surface area contributed by atoms with Crippen LogP contribution in [-0.4, -0.2) is 16.3 Å². The summed E-state index contributed by atoms with van der Waals surface area (Å²) >= 11 is 2.30. The molecule has 1 aromatic carbocycles. The third-order valence-electron chi connectivity index (χ3n) is 2.07. The van der Waals surface area contributed by atoms with Gasteiger partial charge in [0.1, 0.15) is 0 Å². The van der Waals surface area contributed by atoms with Gasteiger partial charge in [-0.3, -0.25) is 4.68 Å². The van der Waals surface area contributed by atoms with Gasteiger partial charge in [0.25, 0.3) is 0 Å². The second-order valence-corrected chi connectivity index (χ2v) is 4.45. The van der Waals surface area contributed by atoms with Crippen LogP contribution in [-0.2, 0) is 6.54 Å². The Hall–Kier alpha value is -1.04. The fraction of sp³-hybridized carbons (Fsp3) is 0.182. The quantitative estimate of drug-likeness (QED) is 0.880. The van der Waals surface area contributed by atoms with Gasteiger partial charge in [0.2, 0.25) is 0 Å². The Balaban J connectivity index is 1.81. The van der Waals surface area contributed by atoms with E-state index in [2.05, 4.69) is 57.3 Å². The summed E-state index contributed by atoms with van der Waals surface area (Å²) < 4.78 is 3.17. The van der Waals surface area contributed by atoms with E-state index in [9.17, 15) is 0 Å². The number of halogens is 1. The number of nitrogens with one attached hydrogen (secondary N) is 1. The van der Waals surface area contributed by atoms with Gasteiger partial charge in [-0.25, -0.2) is 0 Å². The van der Waals surface area contributed by atoms with Crippen LogP contribution in [0.2, 0.25) is 0 Å². The average molecular weight is 313 g/mol. The van der Waals surface area contributed by atoms with E-state index in [1.54, 1.807) is 6.20 Å². The van der Waals surface area contributed by atoms with E-state index in [1.165, 1.54) is 3.57 Å². The third kappa shape index (κ3) is 3.23. The van der Waals surface area contributed by atoms with Gasteiger partial charge in [-0.1, -0.05) is 0 Å². The van der Waals surface area contributed by atoms with Crippen molar-refractivity contribution in [1.82, 2.24) is 9.78 Å². The number of nitrogens with zero attached hydrogens (tertiary/aromatic N) is 2. The van der Waals surface area contributed by atoms with Gasteiger partial charge in [-0.2, -0.15) is 5.10 Å². The standard InChI is InChI=1S/C11H12IN3/c12-10-2-4-11(5-3-10)13-7-9-15-8-1-6-14-15/h1-6,8,13H,7,9H2. The topological polar surface area (TPSA) is 29.9 Å². The van der Waals surface area contributed by atoms with Gasteiger partial charge >= 0.3 is 0 Å². The van der Waals surface area contributed by atoms with E-state index in [0.29, 0.717) is 0 Å². The molecule has 0 aliphatic carbocycles. The van der Waals surface area contributed by atoms with E-state index in [4.69, 9.17) is 0 Å². The molecule has 0 spiro atoms. The fourth-order valence-electron chi connectivity index (χ4n) is 1.32. The van der Waals surface area contributed by atoms with Crippen molar-refractivity contribution in [2.45, 2.75) is 6.54 Å². The maximum absolute atomic E-state index is 4.14. The summed E-state index contributed by atoms with van der Waals surface area (Å²) in [5.41, 5.74) is 1.16. The highest BCUT2D eigenvalue weighted by molar-refractivity contribution is 14.1. The normalized spacial score (nSPS) is 10.2. The van der Waals surface area contributed by atoms with Crippen molar-refractivity contribution in [1.29, 1.82) is 0 Å². The lowest BCUT2D eigenvalue weighted by Gasteiger charge is -2.06. The van der Waals surface area contributed by atoms with Gasteiger partial charge in [-0.15, -0.1) is 0 Å². The first-order valence-electron chi connectivity index (χ1n) is 4.81. The molecule has 1 N–H and O–H groups in total. The molecule has 1 heterocycles. The van der Waals surface area contributed by atoms with E-state index in [1.807, 2.05) is 16.9 Å². The molecule has 0 radical (unpaired) electrons. The second kappa shape index (κ2) is 5.16. The largest absolute Gasteiger partial charge is 0.383 e. The minimum absolute atomic E-state index is 0.888. The SMILES string of the molecule is Ic1ccc(NCCn2cccn2)cc1. The molecule has 0 aliphatic rings. The summed E-state index contributed by atoms with van der Waals surface area (Å²) in [6.45, 7) is 1.78. The number of aromatic nitrogens is 2. The first-order valence-corrected chi connectivity index (χ1v) is 5.89. The Kier molecular flexibility index (Phi) is 3.60. The fourth-order valence-corrected chi connectivity index (χ4v) is 1.67. The van der Waals surface area contributed by atoms with Crippen LogP contribution in [0.5, 0.6) is 0 Å². The van der Waals surface area contributed by atoms with E-state index in [-0.39, 0.29) is 0 Å². The Morgan fingerprint density at radius 1 is 1.27 bits per heavy atom. The summed E-state index contributed by atoms with van der Waals surface area (Å²) in [6.07, 6.45) is 3.76. The highest BCUT2D eigenvalue weighted by Crippen LogP contribution is 2.10. The molecule has 0 atom stereocenters. The van der Waals surface area contributed by atoms with E-state index < -0.39 is 0 Å². The zero-order valence-corrected chi connectivity index (χ0v) is 10.4. The number of hydrogen-bond donors (Lipinski definition) is 1. The summed E-state index contributed by atoms with van der Waals surface area (Å²) in [4.78, 5) is 0. The molecule has 3 nitrogen and oxygen atoms in total. The molecule has 1 aromatic heterocycles. The molecule has 0 amide bonds. The van der Waals surface area contributed by atoms with Gasteiger partial charge in [0.05, 0.1) is 6.54 Å². The van der Waals surface area contributed by atoms with Crippen molar-refractivity contribution in [3.63, 3.8) is 0 Å². The molecule has 0 saturated carbocycles. The maximum atomic E-state index is 4.14. The molecule has 2 aromatic rings. The van der Waals surface area contributed by atoms with Crippen LogP contribution in [0.25, 0.3) is 0 Å². The Morgan fingerprint density at radius 3 is 2.73 bits per heavy atom. The highest BCUT2D eigenvalue weighted by atomic mass is 127. The lowest BCUT2D eigenvalue weighted by molar-refractivity contribution is 0.638. The van der Waals surface area contributed by atoms with Crippen molar-refractivity contribution in [2.75, 3.05) is 11.9 Å². The summed E-state index contributed by atoms with van der Waals surface area (Å²) in [6, 6.07) is 10.3. The Labute approximate surface area is 103 Å². The molecule has 15 heavy (non-hydrogen) atoms. The van der Waals surface area contributed by atoms with Crippen molar-refractivity contribution in [3.05, 3.63) is 46.3 Å². The molecule has 4 heteroatoms. The molecule has 2 rings (SSSR count). The molecule has 0 fully saturated rings. The molecular formula is C11H12IN3. The third-order valence-corrected chi connectivity index (χ3v) is 2.79. The van der Waals surface area contributed by atoms with Crippen molar-refractivity contribution in [2.24, 2.45) is 0 Å². The summed E-state index contributed by atoms with van der Waals surface area (Å²) in [5.74, 6) is 0. The van der Waals surface area contributed by atoms with Gasteiger partial charge in [0.15, 0.2) is 0 Å². The van der Waals surface area contributed by atoms with E-state index >= 15 is 0 Å². The zero-order chi connectivity index (χ0) is 10.5. The van der Waals surface area contributed by atoms with Crippen LogP contribution in [0.15, 0.2) is 42.7 Å². The monoisotopic (exact) mass is 313 g/mol. The van der Waals surface area contributed by atoms with Crippen LogP contribution < -0.4 is 5.32 Å². The number of anilines is 1. The average Bonchev–Trinajstić information content (AvgIpc) is 2.74. The number of benzene rings is 1. The van der Waals surface area contributed by atoms with Gasteiger partial charge in [0, 0.05) is 28.2 Å². The Bertz CT molecular complexity index is 394. The van der Waals surface area contributed by atoms with Crippen LogP contribution in [0.3, 0.4) is 0 Å². The molecule has 0 saturated heterocycles. The summed E-state index contributed by atoms with van der Waals surface area (Å²) in [5, 5.41) is 7.48. The minimum Gasteiger partial charge on any atom is -0.383 e. The van der Waals surface area contributed by atoms with Crippen LogP contribution in [0, 0.1) is 3.57 Å². The number of rotatable bonds is 4. The highest BCUT2D eigenvalue weighted by Gasteiger charge is 1.92. The molecule has 0 aliphatic heterocycles. The minimum atomic E-state index is 0.888. The van der Waals surface area contributed by atoms with Crippen molar-refractivity contribution < 1.29 is 0 Å².